The Hall–Kier alpha value is -1.67. The van der Waals surface area contributed by atoms with Crippen LogP contribution in [0.3, 0.4) is 0 Å². The summed E-state index contributed by atoms with van der Waals surface area (Å²) in [5, 5.41) is 1.27. The topological polar surface area (TPSA) is 87.1 Å². The SMILES string of the molecule is CC12CCC(C)(O1)C1C(=O)N(C3=CS(O)(O)c4ccccc43)C(=O)C12. The van der Waals surface area contributed by atoms with Gasteiger partial charge in [-0.25, -0.2) is 4.90 Å². The zero-order valence-electron chi connectivity index (χ0n) is 13.9. The second kappa shape index (κ2) is 4.35. The first kappa shape index (κ1) is 15.6. The first-order valence-corrected chi connectivity index (χ1v) is 9.96. The standard InChI is InChI=1S/C18H19NO5S/c1-17-7-8-18(2,24-17)14-13(17)15(20)19(16(14)21)11-9-25(22,23)12-6-4-3-5-10(11)12/h3-6,9,13-14,22-23H,7-8H2,1-2H3. The maximum atomic E-state index is 13.2. The maximum absolute atomic E-state index is 13.2. The predicted octanol–water partition coefficient (Wildman–Crippen LogP) is 3.05. The van der Waals surface area contributed by atoms with Gasteiger partial charge in [0.15, 0.2) is 0 Å². The molecule has 6 nitrogen and oxygen atoms in total. The van der Waals surface area contributed by atoms with E-state index in [4.69, 9.17) is 4.74 Å². The number of carbonyl (C=O) groups is 2. The minimum atomic E-state index is -3.14. The number of ether oxygens (including phenoxy) is 1. The van der Waals surface area contributed by atoms with Crippen LogP contribution in [0.5, 0.6) is 0 Å². The van der Waals surface area contributed by atoms with E-state index in [1.165, 1.54) is 10.3 Å². The highest BCUT2D eigenvalue weighted by atomic mass is 32.3. The molecule has 132 valence electrons. The number of imide groups is 1. The number of benzene rings is 1. The first-order valence-electron chi connectivity index (χ1n) is 8.35. The van der Waals surface area contributed by atoms with E-state index in [-0.39, 0.29) is 11.8 Å². The van der Waals surface area contributed by atoms with E-state index in [1.807, 2.05) is 13.8 Å². The van der Waals surface area contributed by atoms with Crippen molar-refractivity contribution in [3.8, 4) is 0 Å². The van der Waals surface area contributed by atoms with Crippen molar-refractivity contribution in [1.29, 1.82) is 0 Å². The quantitative estimate of drug-likeness (QED) is 0.751. The van der Waals surface area contributed by atoms with Gasteiger partial charge in [-0.05, 0) is 32.8 Å². The van der Waals surface area contributed by atoms with Gasteiger partial charge in [0.1, 0.15) is 0 Å². The third-order valence-corrected chi connectivity index (χ3v) is 7.76. The fraction of sp³-hybridized carbons (Fsp3) is 0.444. The molecule has 2 N–H and O–H groups in total. The molecule has 7 heteroatoms. The number of rotatable bonds is 1. The van der Waals surface area contributed by atoms with Gasteiger partial charge in [-0.1, -0.05) is 18.2 Å². The predicted molar refractivity (Wildman–Crippen MR) is 91.5 cm³/mol. The molecule has 2 amide bonds. The van der Waals surface area contributed by atoms with E-state index in [9.17, 15) is 18.7 Å². The smallest absolute Gasteiger partial charge is 0.240 e. The highest BCUT2D eigenvalue weighted by Gasteiger charge is 2.72. The number of carbonyl (C=O) groups excluding carboxylic acids is 2. The molecule has 0 spiro atoms. The second-order valence-electron chi connectivity index (χ2n) is 7.79. The van der Waals surface area contributed by atoms with Crippen LogP contribution in [-0.4, -0.2) is 37.0 Å². The van der Waals surface area contributed by atoms with Crippen molar-refractivity contribution < 1.29 is 23.4 Å². The van der Waals surface area contributed by atoms with Crippen LogP contribution in [0.1, 0.15) is 32.3 Å². The largest absolute Gasteiger partial charge is 0.367 e. The van der Waals surface area contributed by atoms with Gasteiger partial charge in [0.2, 0.25) is 11.8 Å². The molecule has 1 aromatic rings. The Labute approximate surface area is 146 Å². The molecular weight excluding hydrogens is 342 g/mol. The lowest BCUT2D eigenvalue weighted by molar-refractivity contribution is -0.142. The Morgan fingerprint density at radius 1 is 1.08 bits per heavy atom. The lowest BCUT2D eigenvalue weighted by atomic mass is 9.69. The van der Waals surface area contributed by atoms with Crippen LogP contribution in [0.2, 0.25) is 0 Å². The fourth-order valence-corrected chi connectivity index (χ4v) is 6.55. The number of nitrogens with zero attached hydrogens (tertiary/aromatic N) is 1. The van der Waals surface area contributed by atoms with Crippen LogP contribution in [0.4, 0.5) is 0 Å². The Bertz CT molecular complexity index is 846. The number of fused-ring (bicyclic) bond motifs is 6. The highest BCUT2D eigenvalue weighted by molar-refractivity contribution is 8.27. The van der Waals surface area contributed by atoms with Crippen LogP contribution in [-0.2, 0) is 14.3 Å². The number of likely N-dealkylation sites (tertiary alicyclic amines) is 1. The summed E-state index contributed by atoms with van der Waals surface area (Å²) in [6, 6.07) is 6.80. The molecule has 0 saturated carbocycles. The average molecular weight is 361 g/mol. The minimum absolute atomic E-state index is 0.293. The summed E-state index contributed by atoms with van der Waals surface area (Å²) >= 11 is 0. The van der Waals surface area contributed by atoms with Gasteiger partial charge in [-0.2, -0.15) is 0 Å². The Kier molecular flexibility index (Phi) is 2.71. The van der Waals surface area contributed by atoms with Crippen LogP contribution >= 0.6 is 10.6 Å². The number of hydrogen-bond donors (Lipinski definition) is 2. The summed E-state index contributed by atoms with van der Waals surface area (Å²) in [6.45, 7) is 3.81. The molecular formula is C18H19NO5S. The van der Waals surface area contributed by atoms with Gasteiger partial charge in [0.25, 0.3) is 0 Å². The van der Waals surface area contributed by atoms with E-state index in [0.29, 0.717) is 16.2 Å². The molecule has 25 heavy (non-hydrogen) atoms. The van der Waals surface area contributed by atoms with E-state index < -0.39 is 33.6 Å². The van der Waals surface area contributed by atoms with Crippen LogP contribution < -0.4 is 0 Å². The fourth-order valence-electron chi connectivity index (χ4n) is 5.10. The lowest BCUT2D eigenvalue weighted by Crippen LogP contribution is -2.40. The summed E-state index contributed by atoms with van der Waals surface area (Å²) in [6.07, 6.45) is 1.50. The highest BCUT2D eigenvalue weighted by Crippen LogP contribution is 2.64. The second-order valence-corrected chi connectivity index (χ2v) is 9.65. The average Bonchev–Trinajstić information content (AvgIpc) is 3.17. The number of amides is 2. The van der Waals surface area contributed by atoms with E-state index in [0.717, 1.165) is 12.8 Å². The van der Waals surface area contributed by atoms with Crippen molar-refractivity contribution in [2.24, 2.45) is 11.8 Å². The lowest BCUT2D eigenvalue weighted by Gasteiger charge is -2.27. The summed E-state index contributed by atoms with van der Waals surface area (Å²) in [5.74, 6) is -1.60. The zero-order chi connectivity index (χ0) is 17.8. The van der Waals surface area contributed by atoms with Gasteiger partial charge in [0.05, 0.1) is 39.0 Å². The van der Waals surface area contributed by atoms with E-state index >= 15 is 0 Å². The van der Waals surface area contributed by atoms with E-state index in [2.05, 4.69) is 0 Å². The van der Waals surface area contributed by atoms with Crippen LogP contribution in [0.15, 0.2) is 34.6 Å². The molecule has 0 aromatic heterocycles. The maximum Gasteiger partial charge on any atom is 0.240 e. The molecule has 2 bridgehead atoms. The summed E-state index contributed by atoms with van der Waals surface area (Å²) in [7, 11) is -3.14. The van der Waals surface area contributed by atoms with Crippen LogP contribution in [0.25, 0.3) is 5.70 Å². The van der Waals surface area contributed by atoms with Crippen molar-refractivity contribution in [3.05, 3.63) is 35.2 Å². The Balaban J connectivity index is 1.64. The Morgan fingerprint density at radius 3 is 2.24 bits per heavy atom. The molecule has 3 fully saturated rings. The van der Waals surface area contributed by atoms with Crippen molar-refractivity contribution >= 4 is 28.1 Å². The number of hydrogen-bond acceptors (Lipinski definition) is 5. The van der Waals surface area contributed by atoms with Gasteiger partial charge in [-0.3, -0.25) is 18.7 Å². The normalized spacial score (nSPS) is 41.8. The molecule has 0 radical (unpaired) electrons. The molecule has 4 aliphatic heterocycles. The molecule has 4 heterocycles. The van der Waals surface area contributed by atoms with Gasteiger partial charge >= 0.3 is 0 Å². The van der Waals surface area contributed by atoms with Gasteiger partial charge < -0.3 is 4.74 Å². The molecule has 1 aromatic carbocycles. The molecule has 4 atom stereocenters. The molecule has 0 aliphatic carbocycles. The van der Waals surface area contributed by atoms with Crippen molar-refractivity contribution in [2.75, 3.05) is 0 Å². The molecule has 4 aliphatic rings. The summed E-state index contributed by atoms with van der Waals surface area (Å²) in [4.78, 5) is 27.9. The third-order valence-electron chi connectivity index (χ3n) is 6.21. The van der Waals surface area contributed by atoms with Crippen molar-refractivity contribution in [1.82, 2.24) is 4.90 Å². The van der Waals surface area contributed by atoms with E-state index in [1.54, 1.807) is 24.3 Å². The van der Waals surface area contributed by atoms with Crippen molar-refractivity contribution in [3.63, 3.8) is 0 Å². The third kappa shape index (κ3) is 1.72. The summed E-state index contributed by atoms with van der Waals surface area (Å²) in [5.41, 5.74) is -0.413. The minimum Gasteiger partial charge on any atom is -0.367 e. The first-order chi connectivity index (χ1) is 11.7. The van der Waals surface area contributed by atoms with Crippen molar-refractivity contribution in [2.45, 2.75) is 42.8 Å². The zero-order valence-corrected chi connectivity index (χ0v) is 14.7. The monoisotopic (exact) mass is 361 g/mol. The van der Waals surface area contributed by atoms with Gasteiger partial charge in [-0.15, -0.1) is 10.6 Å². The van der Waals surface area contributed by atoms with Gasteiger partial charge in [0, 0.05) is 5.56 Å². The Morgan fingerprint density at radius 2 is 1.64 bits per heavy atom. The summed E-state index contributed by atoms with van der Waals surface area (Å²) < 4.78 is 26.8. The molecule has 3 saturated heterocycles. The van der Waals surface area contributed by atoms with Crippen LogP contribution in [0, 0.1) is 11.8 Å². The molecule has 5 rings (SSSR count). The molecule has 4 unspecified atom stereocenters.